The number of hydrogen-bond acceptors (Lipinski definition) is 11. The van der Waals surface area contributed by atoms with Gasteiger partial charge in [0.25, 0.3) is 0 Å². The van der Waals surface area contributed by atoms with Crippen LogP contribution in [0, 0.1) is 29.4 Å². The second-order valence-corrected chi connectivity index (χ2v) is 24.2. The number of amides is 9. The minimum atomic E-state index is -5.26. The fourth-order valence-electron chi connectivity index (χ4n) is 12.2. The fourth-order valence-corrected chi connectivity index (χ4v) is 12.2. The van der Waals surface area contributed by atoms with E-state index in [0.29, 0.717) is 50.7 Å². The van der Waals surface area contributed by atoms with Crippen molar-refractivity contribution in [1.82, 2.24) is 44.9 Å². The van der Waals surface area contributed by atoms with Crippen LogP contribution in [-0.4, -0.2) is 208 Å². The van der Waals surface area contributed by atoms with E-state index in [1.54, 1.807) is 6.92 Å². The van der Waals surface area contributed by atoms with Crippen LogP contribution in [0.2, 0.25) is 0 Å². The molecule has 2 aliphatic carbocycles. The highest BCUT2D eigenvalue weighted by Gasteiger charge is 2.51. The van der Waals surface area contributed by atoms with Gasteiger partial charge in [0.05, 0.1) is 12.5 Å². The summed E-state index contributed by atoms with van der Waals surface area (Å²) in [6.07, 6.45) is -0.962. The number of rotatable bonds is 25. The van der Waals surface area contributed by atoms with E-state index in [0.717, 1.165) is 17.7 Å². The molecule has 1 aromatic carbocycles. The molecule has 0 aromatic heterocycles. The molecular weight excluding hydrogens is 1110 g/mol. The van der Waals surface area contributed by atoms with Crippen LogP contribution in [0.4, 0.5) is 22.0 Å². The zero-order valence-corrected chi connectivity index (χ0v) is 50.4. The molecule has 5 N–H and O–H groups in total. The molecular formula is C58H87F5N10O11. The van der Waals surface area contributed by atoms with E-state index < -0.39 is 155 Å². The Morgan fingerprint density at radius 3 is 1.82 bits per heavy atom. The number of nitrogens with zero attached hydrogens (tertiary/aromatic N) is 7. The van der Waals surface area contributed by atoms with Crippen molar-refractivity contribution in [1.29, 1.82) is 0 Å². The average Bonchev–Trinajstić information content (AvgIpc) is 4.26. The number of hydrogen-bond donors (Lipinski definition) is 4. The number of alkyl halides is 3. The smallest absolute Gasteiger partial charge is 0.422 e. The van der Waals surface area contributed by atoms with Gasteiger partial charge in [0.15, 0.2) is 0 Å². The summed E-state index contributed by atoms with van der Waals surface area (Å²) in [4.78, 5) is 150. The number of nitrogens with one attached hydrogen (secondary N) is 2. The van der Waals surface area contributed by atoms with E-state index in [2.05, 4.69) is 10.6 Å². The maximum atomic E-state index is 15.2. The summed E-state index contributed by atoms with van der Waals surface area (Å²) in [6.45, 7) is 9.04. The summed E-state index contributed by atoms with van der Waals surface area (Å²) in [5.41, 5.74) is 2.53. The molecule has 2 heterocycles. The Bertz CT molecular complexity index is 2590. The van der Waals surface area contributed by atoms with Gasteiger partial charge in [-0.2, -0.15) is 13.2 Å². The number of nitrogens with two attached hydrogens (primary N) is 1. The molecule has 26 heteroatoms. The first-order chi connectivity index (χ1) is 39.2. The van der Waals surface area contributed by atoms with Crippen molar-refractivity contribution in [2.75, 3.05) is 55.4 Å². The molecule has 0 unspecified atom stereocenters. The van der Waals surface area contributed by atoms with E-state index in [9.17, 15) is 65.4 Å². The molecule has 4 fully saturated rings. The Morgan fingerprint density at radius 2 is 1.31 bits per heavy atom. The molecule has 0 spiro atoms. The number of benzene rings is 1. The van der Waals surface area contributed by atoms with Gasteiger partial charge >= 0.3 is 12.1 Å². The van der Waals surface area contributed by atoms with Gasteiger partial charge in [0.2, 0.25) is 53.2 Å². The van der Waals surface area contributed by atoms with Crippen molar-refractivity contribution in [3.8, 4) is 0 Å². The van der Waals surface area contributed by atoms with E-state index in [1.165, 1.54) is 78.6 Å². The van der Waals surface area contributed by atoms with Gasteiger partial charge in [-0.05, 0) is 107 Å². The van der Waals surface area contributed by atoms with Gasteiger partial charge < -0.3 is 55.8 Å². The van der Waals surface area contributed by atoms with E-state index >= 15 is 9.59 Å². The number of carbonyl (C=O) groups is 10. The van der Waals surface area contributed by atoms with Gasteiger partial charge in [-0.1, -0.05) is 59.8 Å². The number of aryl methyl sites for hydroxylation is 1. The van der Waals surface area contributed by atoms with Gasteiger partial charge in [-0.3, -0.25) is 43.2 Å². The maximum absolute atomic E-state index is 15.2. The van der Waals surface area contributed by atoms with Crippen LogP contribution >= 0.6 is 0 Å². The first kappa shape index (κ1) is 68.3. The number of carbonyl (C=O) groups excluding carboxylic acids is 9. The molecule has 470 valence electrons. The van der Waals surface area contributed by atoms with Crippen molar-refractivity contribution in [3.63, 3.8) is 0 Å². The third-order valence-corrected chi connectivity index (χ3v) is 17.8. The summed E-state index contributed by atoms with van der Waals surface area (Å²) in [5.74, 6) is -11.5. The van der Waals surface area contributed by atoms with Gasteiger partial charge in [-0.15, -0.1) is 0 Å². The first-order valence-corrected chi connectivity index (χ1v) is 29.2. The lowest BCUT2D eigenvalue weighted by atomic mass is 9.90. The molecule has 0 bridgehead atoms. The molecule has 2 saturated heterocycles. The lowest BCUT2D eigenvalue weighted by Crippen LogP contribution is -2.65. The minimum Gasteiger partial charge on any atom is -0.480 e. The molecule has 21 nitrogen and oxygen atoms in total. The third kappa shape index (κ3) is 15.5. The average molecular weight is 1200 g/mol. The standard InChI is InChI=1S/C58H87F5N10O11/c1-12-33(4)46(53(80)68(8)34(5)50(77)73-27-23-41(73)55(82)83)65-48(75)42(28-32(2)3)69(9)44(74)31-43(52(79)67(6)7)70(10)54(81)47(36-18-13-14-19-36)71(11)56(84)57(24-15-16-25-57)66-49(76)40-20-17-26-72(40)51(78)39(64)22-21-35-29-37(59)45(38(60)30-35)58(61,62)63/h29-30,32-34,36,39-43,46-47H,12-28,31,64H2,1-11H3,(H,65,75)(H,66,76)(H,82,83)/t33-,34-,39-,40-,41-,42-,43-,46-,47-/m0/s1. The van der Waals surface area contributed by atoms with Crippen LogP contribution < -0.4 is 16.4 Å². The second-order valence-electron chi connectivity index (χ2n) is 24.2. The Morgan fingerprint density at radius 1 is 0.726 bits per heavy atom. The predicted molar refractivity (Wildman–Crippen MR) is 298 cm³/mol. The maximum Gasteiger partial charge on any atom is 0.422 e. The van der Waals surface area contributed by atoms with Crippen molar-refractivity contribution < 1.29 is 75.0 Å². The van der Waals surface area contributed by atoms with E-state index in [1.807, 2.05) is 20.8 Å². The molecule has 0 radical (unpaired) electrons. The van der Waals surface area contributed by atoms with Crippen molar-refractivity contribution in [3.05, 3.63) is 34.9 Å². The first-order valence-electron chi connectivity index (χ1n) is 29.2. The van der Waals surface area contributed by atoms with Gasteiger partial charge in [0.1, 0.15) is 65.0 Å². The van der Waals surface area contributed by atoms with Crippen molar-refractivity contribution in [2.45, 2.75) is 197 Å². The lowest BCUT2D eigenvalue weighted by molar-refractivity contribution is -0.161. The Kier molecular flexibility index (Phi) is 23.3. The van der Waals surface area contributed by atoms with Crippen LogP contribution in [0.5, 0.6) is 0 Å². The lowest BCUT2D eigenvalue weighted by Gasteiger charge is -2.42. The summed E-state index contributed by atoms with van der Waals surface area (Å²) < 4.78 is 68.2. The molecule has 84 heavy (non-hydrogen) atoms. The topological polar surface area (TPSA) is 264 Å². The summed E-state index contributed by atoms with van der Waals surface area (Å²) >= 11 is 0. The summed E-state index contributed by atoms with van der Waals surface area (Å²) in [6, 6.07) is -8.36. The molecule has 1 aromatic rings. The van der Waals surface area contributed by atoms with Crippen molar-refractivity contribution >= 4 is 59.1 Å². The Hall–Kier alpha value is -6.47. The molecule has 2 saturated carbocycles. The number of likely N-dealkylation sites (N-methyl/N-ethyl adjacent to an activating group) is 5. The summed E-state index contributed by atoms with van der Waals surface area (Å²) in [7, 11) is 8.55. The molecule has 4 aliphatic rings. The van der Waals surface area contributed by atoms with Gasteiger partial charge in [0, 0.05) is 55.4 Å². The highest BCUT2D eigenvalue weighted by Crippen LogP contribution is 2.38. The zero-order chi connectivity index (χ0) is 63.0. The van der Waals surface area contributed by atoms with Crippen LogP contribution in [0.15, 0.2) is 12.1 Å². The predicted octanol–water partition coefficient (Wildman–Crippen LogP) is 3.92. The number of halogens is 5. The minimum absolute atomic E-state index is 0.108. The van der Waals surface area contributed by atoms with Crippen LogP contribution in [0.25, 0.3) is 0 Å². The SMILES string of the molecule is CC[C@H](C)[C@H](NC(=O)[C@H](CC(C)C)N(C)C(=O)C[C@@H](C(=O)N(C)C)N(C)C(=O)[C@H](C1CCCC1)N(C)C(=O)C1(NC(=O)[C@@H]2CCCN2C(=O)[C@@H](N)CCc2cc(F)c(C(F)(F)F)c(F)c2)CCCC1)C(=O)N(C)[C@@H](C)C(=O)N1CC[C@H]1C(=O)O. The van der Waals surface area contributed by atoms with E-state index in [-0.39, 0.29) is 69.5 Å². The number of carboxylic acids is 1. The van der Waals surface area contributed by atoms with Crippen LogP contribution in [0.1, 0.15) is 142 Å². The van der Waals surface area contributed by atoms with Crippen molar-refractivity contribution in [2.24, 2.45) is 23.5 Å². The Labute approximate surface area is 488 Å². The number of carboxylic acid groups (broad SMARTS) is 1. The molecule has 9 atom stereocenters. The summed E-state index contributed by atoms with van der Waals surface area (Å²) in [5, 5.41) is 15.3. The molecule has 9 amide bonds. The van der Waals surface area contributed by atoms with Crippen LogP contribution in [-0.2, 0) is 60.5 Å². The van der Waals surface area contributed by atoms with E-state index in [4.69, 9.17) is 5.73 Å². The second kappa shape index (κ2) is 28.6. The van der Waals surface area contributed by atoms with Crippen LogP contribution in [0.3, 0.4) is 0 Å². The highest BCUT2D eigenvalue weighted by atomic mass is 19.4. The number of likely N-dealkylation sites (tertiary alicyclic amines) is 2. The largest absolute Gasteiger partial charge is 0.480 e. The normalized spacial score (nSPS) is 20.4. The molecule has 5 rings (SSSR count). The quantitative estimate of drug-likeness (QED) is 0.102. The van der Waals surface area contributed by atoms with Gasteiger partial charge in [-0.25, -0.2) is 13.6 Å². The third-order valence-electron chi connectivity index (χ3n) is 17.8. The number of aliphatic carboxylic acids is 1. The Balaban J connectivity index is 1.33. The molecule has 2 aliphatic heterocycles. The highest BCUT2D eigenvalue weighted by molar-refractivity contribution is 6.00. The zero-order valence-electron chi connectivity index (χ0n) is 50.4. The monoisotopic (exact) mass is 1190 g/mol. The fraction of sp³-hybridized carbons (Fsp3) is 0.724.